The van der Waals surface area contributed by atoms with E-state index in [4.69, 9.17) is 5.73 Å². The highest BCUT2D eigenvalue weighted by Gasteiger charge is 2.20. The lowest BCUT2D eigenvalue weighted by molar-refractivity contribution is -0.118. The van der Waals surface area contributed by atoms with Gasteiger partial charge < -0.3 is 16.0 Å². The fraction of sp³-hybridized carbons (Fsp3) is 0.417. The molecule has 4 heteroatoms. The molecule has 0 unspecified atom stereocenters. The summed E-state index contributed by atoms with van der Waals surface area (Å²) in [5, 5.41) is 3.24. The Labute approximate surface area is 95.4 Å². The minimum atomic E-state index is 0.190. The molecule has 0 atom stereocenters. The summed E-state index contributed by atoms with van der Waals surface area (Å²) in [7, 11) is 1.83. The third-order valence-electron chi connectivity index (χ3n) is 2.90. The van der Waals surface area contributed by atoms with Crippen molar-refractivity contribution in [2.24, 2.45) is 5.73 Å². The number of nitrogens with zero attached hydrogens (tertiary/aromatic N) is 1. The SMILES string of the molecule is CN1C(=O)CCc2cc(NCCN)ccc21. The summed E-state index contributed by atoms with van der Waals surface area (Å²) < 4.78 is 0. The summed E-state index contributed by atoms with van der Waals surface area (Å²) in [5.41, 5.74) is 8.76. The van der Waals surface area contributed by atoms with Gasteiger partial charge in [-0.1, -0.05) is 0 Å². The fourth-order valence-electron chi connectivity index (χ4n) is 1.98. The van der Waals surface area contributed by atoms with Crippen LogP contribution in [0.3, 0.4) is 0 Å². The lowest BCUT2D eigenvalue weighted by Crippen LogP contribution is -2.31. The van der Waals surface area contributed by atoms with E-state index in [1.54, 1.807) is 4.90 Å². The van der Waals surface area contributed by atoms with Gasteiger partial charge in [0.05, 0.1) is 0 Å². The van der Waals surface area contributed by atoms with Crippen molar-refractivity contribution < 1.29 is 4.79 Å². The lowest BCUT2D eigenvalue weighted by atomic mass is 10.0. The average Bonchev–Trinajstić information content (AvgIpc) is 2.31. The normalized spacial score (nSPS) is 14.9. The highest BCUT2D eigenvalue weighted by atomic mass is 16.2. The van der Waals surface area contributed by atoms with E-state index >= 15 is 0 Å². The van der Waals surface area contributed by atoms with Crippen LogP contribution in [0.15, 0.2) is 18.2 Å². The molecule has 1 aromatic rings. The molecule has 16 heavy (non-hydrogen) atoms. The predicted octanol–water partition coefficient (Wildman–Crippen LogP) is 0.966. The molecule has 0 fully saturated rings. The fourth-order valence-corrected chi connectivity index (χ4v) is 1.98. The maximum Gasteiger partial charge on any atom is 0.227 e. The number of nitrogens with two attached hydrogens (primary N) is 1. The standard InChI is InChI=1S/C12H17N3O/c1-15-11-4-3-10(14-7-6-13)8-9(11)2-5-12(15)16/h3-4,8,14H,2,5-7,13H2,1H3. The molecule has 0 bridgehead atoms. The second kappa shape index (κ2) is 4.53. The molecule has 1 aromatic carbocycles. The van der Waals surface area contributed by atoms with Crippen molar-refractivity contribution in [3.05, 3.63) is 23.8 Å². The van der Waals surface area contributed by atoms with E-state index in [0.717, 1.165) is 24.3 Å². The quantitative estimate of drug-likeness (QED) is 0.796. The number of aryl methyl sites for hydroxylation is 1. The van der Waals surface area contributed by atoms with E-state index in [9.17, 15) is 4.79 Å². The molecule has 0 saturated heterocycles. The van der Waals surface area contributed by atoms with Crippen molar-refractivity contribution in [1.29, 1.82) is 0 Å². The van der Waals surface area contributed by atoms with Crippen LogP contribution in [-0.4, -0.2) is 26.0 Å². The van der Waals surface area contributed by atoms with Gasteiger partial charge in [-0.25, -0.2) is 0 Å². The van der Waals surface area contributed by atoms with E-state index in [0.29, 0.717) is 13.0 Å². The number of carbonyl (C=O) groups excluding carboxylic acids is 1. The Morgan fingerprint density at radius 1 is 1.44 bits per heavy atom. The first-order valence-corrected chi connectivity index (χ1v) is 5.56. The van der Waals surface area contributed by atoms with Gasteiger partial charge in [-0.3, -0.25) is 4.79 Å². The first-order valence-electron chi connectivity index (χ1n) is 5.56. The molecule has 0 saturated carbocycles. The topological polar surface area (TPSA) is 58.4 Å². The zero-order chi connectivity index (χ0) is 11.5. The van der Waals surface area contributed by atoms with Crippen molar-refractivity contribution in [2.45, 2.75) is 12.8 Å². The third-order valence-corrected chi connectivity index (χ3v) is 2.90. The number of benzene rings is 1. The van der Waals surface area contributed by atoms with Crippen LogP contribution >= 0.6 is 0 Å². The van der Waals surface area contributed by atoms with Gasteiger partial charge in [0.2, 0.25) is 5.91 Å². The third kappa shape index (κ3) is 2.02. The van der Waals surface area contributed by atoms with Gasteiger partial charge in [0.15, 0.2) is 0 Å². The van der Waals surface area contributed by atoms with Crippen LogP contribution < -0.4 is 16.0 Å². The molecule has 0 radical (unpaired) electrons. The van der Waals surface area contributed by atoms with Gasteiger partial charge in [0, 0.05) is 37.9 Å². The molecule has 3 N–H and O–H groups in total. The summed E-state index contributed by atoms with van der Waals surface area (Å²) in [4.78, 5) is 13.2. The number of anilines is 2. The first-order chi connectivity index (χ1) is 7.72. The highest BCUT2D eigenvalue weighted by Crippen LogP contribution is 2.28. The number of fused-ring (bicyclic) bond motifs is 1. The van der Waals surface area contributed by atoms with Crippen LogP contribution in [0.1, 0.15) is 12.0 Å². The number of carbonyl (C=O) groups is 1. The molecule has 0 aromatic heterocycles. The molecular formula is C12H17N3O. The van der Waals surface area contributed by atoms with Crippen LogP contribution in [0.2, 0.25) is 0 Å². The highest BCUT2D eigenvalue weighted by molar-refractivity contribution is 5.96. The molecule has 0 aliphatic carbocycles. The van der Waals surface area contributed by atoms with E-state index in [2.05, 4.69) is 11.4 Å². The number of nitrogens with one attached hydrogen (secondary N) is 1. The Hall–Kier alpha value is -1.55. The maximum absolute atomic E-state index is 11.5. The minimum Gasteiger partial charge on any atom is -0.384 e. The van der Waals surface area contributed by atoms with Crippen molar-refractivity contribution in [2.75, 3.05) is 30.4 Å². The van der Waals surface area contributed by atoms with E-state index in [-0.39, 0.29) is 5.91 Å². The molecule has 1 heterocycles. The van der Waals surface area contributed by atoms with E-state index in [1.165, 1.54) is 5.56 Å². The molecule has 2 rings (SSSR count). The summed E-state index contributed by atoms with van der Waals surface area (Å²) >= 11 is 0. The maximum atomic E-state index is 11.5. The summed E-state index contributed by atoms with van der Waals surface area (Å²) in [6.07, 6.45) is 1.43. The van der Waals surface area contributed by atoms with Crippen LogP contribution in [0.4, 0.5) is 11.4 Å². The second-order valence-electron chi connectivity index (χ2n) is 4.01. The van der Waals surface area contributed by atoms with Crippen molar-refractivity contribution >= 4 is 17.3 Å². The van der Waals surface area contributed by atoms with E-state index < -0.39 is 0 Å². The Bertz CT molecular complexity index is 403. The van der Waals surface area contributed by atoms with Crippen molar-refractivity contribution in [1.82, 2.24) is 0 Å². The van der Waals surface area contributed by atoms with Gasteiger partial charge in [-0.2, -0.15) is 0 Å². The van der Waals surface area contributed by atoms with Crippen LogP contribution in [0.5, 0.6) is 0 Å². The Balaban J connectivity index is 2.23. The smallest absolute Gasteiger partial charge is 0.227 e. The zero-order valence-electron chi connectivity index (χ0n) is 9.49. The monoisotopic (exact) mass is 219 g/mol. The van der Waals surface area contributed by atoms with E-state index in [1.807, 2.05) is 19.2 Å². The number of hydrogen-bond donors (Lipinski definition) is 2. The summed E-state index contributed by atoms with van der Waals surface area (Å²) in [6.45, 7) is 1.39. The summed E-state index contributed by atoms with van der Waals surface area (Å²) in [6, 6.07) is 6.09. The number of rotatable bonds is 3. The number of hydrogen-bond acceptors (Lipinski definition) is 3. The molecular weight excluding hydrogens is 202 g/mol. The Kier molecular flexibility index (Phi) is 3.10. The predicted molar refractivity (Wildman–Crippen MR) is 65.7 cm³/mol. The van der Waals surface area contributed by atoms with Crippen LogP contribution in [0, 0.1) is 0 Å². The second-order valence-corrected chi connectivity index (χ2v) is 4.01. The van der Waals surface area contributed by atoms with Crippen LogP contribution in [-0.2, 0) is 11.2 Å². The number of amides is 1. The Morgan fingerprint density at radius 3 is 3.00 bits per heavy atom. The van der Waals surface area contributed by atoms with Gasteiger partial charge >= 0.3 is 0 Å². The van der Waals surface area contributed by atoms with Gasteiger partial charge in [0.25, 0.3) is 0 Å². The Morgan fingerprint density at radius 2 is 2.25 bits per heavy atom. The van der Waals surface area contributed by atoms with Crippen LogP contribution in [0.25, 0.3) is 0 Å². The average molecular weight is 219 g/mol. The first kappa shape index (κ1) is 11.0. The van der Waals surface area contributed by atoms with Gasteiger partial charge in [-0.15, -0.1) is 0 Å². The molecule has 86 valence electrons. The molecule has 0 spiro atoms. The lowest BCUT2D eigenvalue weighted by Gasteiger charge is -2.26. The molecule has 1 aliphatic rings. The van der Waals surface area contributed by atoms with Crippen molar-refractivity contribution in [3.63, 3.8) is 0 Å². The van der Waals surface area contributed by atoms with Gasteiger partial charge in [-0.05, 0) is 30.2 Å². The molecule has 1 aliphatic heterocycles. The molecule has 1 amide bonds. The van der Waals surface area contributed by atoms with Gasteiger partial charge in [0.1, 0.15) is 0 Å². The minimum absolute atomic E-state index is 0.190. The summed E-state index contributed by atoms with van der Waals surface area (Å²) in [5.74, 6) is 0.190. The van der Waals surface area contributed by atoms with Crippen molar-refractivity contribution in [3.8, 4) is 0 Å². The largest absolute Gasteiger partial charge is 0.384 e. The molecule has 4 nitrogen and oxygen atoms in total. The zero-order valence-corrected chi connectivity index (χ0v) is 9.49.